The van der Waals surface area contributed by atoms with Gasteiger partial charge in [-0.1, -0.05) is 53.3 Å². The minimum atomic E-state index is 1.07. The molecule has 0 bridgehead atoms. The van der Waals surface area contributed by atoms with Gasteiger partial charge in [0.25, 0.3) is 0 Å². The number of imidazole rings is 1. The summed E-state index contributed by atoms with van der Waals surface area (Å²) in [5.41, 5.74) is 6.00. The molecule has 20 heavy (non-hydrogen) atoms. The van der Waals surface area contributed by atoms with E-state index in [0.717, 1.165) is 10.7 Å². The SMILES string of the molecule is Cc1ccc(-c2nc3sc4ccccc4n3c2C)cc1. The first kappa shape index (κ1) is 11.7. The lowest BCUT2D eigenvalue weighted by Gasteiger charge is -2.01. The van der Waals surface area contributed by atoms with Crippen LogP contribution < -0.4 is 0 Å². The Balaban J connectivity index is 2.02. The van der Waals surface area contributed by atoms with Crippen LogP contribution in [0, 0.1) is 13.8 Å². The molecule has 2 heterocycles. The summed E-state index contributed by atoms with van der Waals surface area (Å²) in [7, 11) is 0. The molecule has 98 valence electrons. The second kappa shape index (κ2) is 4.18. The Labute approximate surface area is 121 Å². The molecule has 2 nitrogen and oxygen atoms in total. The van der Waals surface area contributed by atoms with Crippen LogP contribution in [0.2, 0.25) is 0 Å². The van der Waals surface area contributed by atoms with Gasteiger partial charge in [-0.15, -0.1) is 0 Å². The van der Waals surface area contributed by atoms with Gasteiger partial charge in [0.1, 0.15) is 0 Å². The van der Waals surface area contributed by atoms with Crippen LogP contribution >= 0.6 is 11.3 Å². The second-order valence-corrected chi connectivity index (χ2v) is 6.11. The van der Waals surface area contributed by atoms with Gasteiger partial charge in [0.15, 0.2) is 4.96 Å². The molecular weight excluding hydrogens is 264 g/mol. The number of hydrogen-bond donors (Lipinski definition) is 0. The lowest BCUT2D eigenvalue weighted by atomic mass is 10.1. The maximum Gasteiger partial charge on any atom is 0.195 e. The predicted molar refractivity (Wildman–Crippen MR) is 85.5 cm³/mol. The van der Waals surface area contributed by atoms with E-state index in [1.54, 1.807) is 11.3 Å². The molecule has 0 aliphatic rings. The van der Waals surface area contributed by atoms with Gasteiger partial charge in [-0.05, 0) is 26.0 Å². The highest BCUT2D eigenvalue weighted by Crippen LogP contribution is 2.32. The van der Waals surface area contributed by atoms with Gasteiger partial charge in [-0.25, -0.2) is 4.98 Å². The molecule has 0 N–H and O–H groups in total. The fourth-order valence-electron chi connectivity index (χ4n) is 2.64. The fourth-order valence-corrected chi connectivity index (χ4v) is 3.71. The molecule has 0 amide bonds. The van der Waals surface area contributed by atoms with Crippen molar-refractivity contribution in [3.8, 4) is 11.3 Å². The number of aromatic nitrogens is 2. The zero-order valence-corrected chi connectivity index (χ0v) is 12.2. The maximum absolute atomic E-state index is 4.83. The molecule has 2 aromatic heterocycles. The molecule has 4 aromatic rings. The van der Waals surface area contributed by atoms with Crippen LogP contribution in [0.5, 0.6) is 0 Å². The normalized spacial score (nSPS) is 11.5. The molecule has 4 rings (SSSR count). The standard InChI is InChI=1S/C17H14N2S/c1-11-7-9-13(10-8-11)16-12(2)19-14-5-3-4-6-15(14)20-17(19)18-16/h3-10H,1-2H3. The van der Waals surface area contributed by atoms with Crippen molar-refractivity contribution in [2.24, 2.45) is 0 Å². The van der Waals surface area contributed by atoms with Crippen molar-refractivity contribution in [3.63, 3.8) is 0 Å². The number of benzene rings is 2. The highest BCUT2D eigenvalue weighted by molar-refractivity contribution is 7.23. The Hall–Kier alpha value is -2.13. The summed E-state index contributed by atoms with van der Waals surface area (Å²) in [5.74, 6) is 0. The highest BCUT2D eigenvalue weighted by Gasteiger charge is 2.14. The number of thiazole rings is 1. The minimum Gasteiger partial charge on any atom is -0.287 e. The van der Waals surface area contributed by atoms with Gasteiger partial charge in [-0.2, -0.15) is 0 Å². The lowest BCUT2D eigenvalue weighted by Crippen LogP contribution is -1.86. The smallest absolute Gasteiger partial charge is 0.195 e. The first-order chi connectivity index (χ1) is 9.74. The first-order valence-electron chi connectivity index (χ1n) is 6.67. The van der Waals surface area contributed by atoms with E-state index in [9.17, 15) is 0 Å². The van der Waals surface area contributed by atoms with Crippen molar-refractivity contribution in [2.45, 2.75) is 13.8 Å². The second-order valence-electron chi connectivity index (χ2n) is 5.10. The summed E-state index contributed by atoms with van der Waals surface area (Å²) >= 11 is 1.75. The van der Waals surface area contributed by atoms with Gasteiger partial charge in [0.05, 0.1) is 15.9 Å². The summed E-state index contributed by atoms with van der Waals surface area (Å²) in [6, 6.07) is 17.1. The van der Waals surface area contributed by atoms with Crippen LogP contribution in [0.25, 0.3) is 26.4 Å². The summed E-state index contributed by atoms with van der Waals surface area (Å²) < 4.78 is 3.54. The summed E-state index contributed by atoms with van der Waals surface area (Å²) in [6.07, 6.45) is 0. The minimum absolute atomic E-state index is 1.07. The Kier molecular flexibility index (Phi) is 2.44. The van der Waals surface area contributed by atoms with Gasteiger partial charge in [0.2, 0.25) is 0 Å². The molecule has 0 aliphatic carbocycles. The van der Waals surface area contributed by atoms with E-state index < -0.39 is 0 Å². The Bertz CT molecular complexity index is 913. The van der Waals surface area contributed by atoms with Crippen molar-refractivity contribution in [2.75, 3.05) is 0 Å². The zero-order chi connectivity index (χ0) is 13.7. The third-order valence-corrected chi connectivity index (χ3v) is 4.73. The van der Waals surface area contributed by atoms with Crippen LogP contribution in [-0.2, 0) is 0 Å². The van der Waals surface area contributed by atoms with Crippen molar-refractivity contribution in [3.05, 3.63) is 59.8 Å². The van der Waals surface area contributed by atoms with E-state index in [2.05, 4.69) is 66.8 Å². The van der Waals surface area contributed by atoms with E-state index in [-0.39, 0.29) is 0 Å². The third kappa shape index (κ3) is 1.60. The largest absolute Gasteiger partial charge is 0.287 e. The summed E-state index contributed by atoms with van der Waals surface area (Å²) in [5, 5.41) is 0. The fraction of sp³-hybridized carbons (Fsp3) is 0.118. The van der Waals surface area contributed by atoms with E-state index in [4.69, 9.17) is 4.98 Å². The molecule has 0 spiro atoms. The van der Waals surface area contributed by atoms with E-state index in [1.165, 1.54) is 27.0 Å². The van der Waals surface area contributed by atoms with Crippen LogP contribution in [0.1, 0.15) is 11.3 Å². The van der Waals surface area contributed by atoms with Gasteiger partial charge >= 0.3 is 0 Å². The first-order valence-corrected chi connectivity index (χ1v) is 7.49. The van der Waals surface area contributed by atoms with Crippen LogP contribution in [0.15, 0.2) is 48.5 Å². The quantitative estimate of drug-likeness (QED) is 0.487. The Morgan fingerprint density at radius 1 is 0.950 bits per heavy atom. The summed E-state index contributed by atoms with van der Waals surface area (Å²) in [6.45, 7) is 4.25. The number of para-hydroxylation sites is 1. The zero-order valence-electron chi connectivity index (χ0n) is 11.4. The third-order valence-electron chi connectivity index (χ3n) is 3.71. The predicted octanol–water partition coefficient (Wildman–Crippen LogP) is 4.83. The number of nitrogens with zero attached hydrogens (tertiary/aromatic N) is 2. The van der Waals surface area contributed by atoms with Crippen LogP contribution in [-0.4, -0.2) is 9.38 Å². The topological polar surface area (TPSA) is 17.3 Å². The van der Waals surface area contributed by atoms with E-state index in [0.29, 0.717) is 0 Å². The van der Waals surface area contributed by atoms with Crippen LogP contribution in [0.3, 0.4) is 0 Å². The molecule has 2 aromatic carbocycles. The highest BCUT2D eigenvalue weighted by atomic mass is 32.1. The molecule has 0 radical (unpaired) electrons. The Morgan fingerprint density at radius 2 is 1.70 bits per heavy atom. The van der Waals surface area contributed by atoms with Gasteiger partial charge < -0.3 is 0 Å². The Morgan fingerprint density at radius 3 is 2.50 bits per heavy atom. The number of hydrogen-bond acceptors (Lipinski definition) is 2. The maximum atomic E-state index is 4.83. The molecule has 3 heteroatoms. The molecule has 0 fully saturated rings. The monoisotopic (exact) mass is 278 g/mol. The molecule has 0 atom stereocenters. The molecule has 0 unspecified atom stereocenters. The van der Waals surface area contributed by atoms with Crippen molar-refractivity contribution in [1.82, 2.24) is 9.38 Å². The lowest BCUT2D eigenvalue weighted by molar-refractivity contribution is 1.19. The molecule has 0 saturated carbocycles. The van der Waals surface area contributed by atoms with Gasteiger partial charge in [-0.3, -0.25) is 4.40 Å². The van der Waals surface area contributed by atoms with Crippen molar-refractivity contribution >= 4 is 26.5 Å². The average Bonchev–Trinajstić information content (AvgIpc) is 2.97. The van der Waals surface area contributed by atoms with Crippen molar-refractivity contribution in [1.29, 1.82) is 0 Å². The van der Waals surface area contributed by atoms with E-state index >= 15 is 0 Å². The van der Waals surface area contributed by atoms with Crippen molar-refractivity contribution < 1.29 is 0 Å². The molecule has 0 aliphatic heterocycles. The molecular formula is C17H14N2S. The number of fused-ring (bicyclic) bond motifs is 3. The average molecular weight is 278 g/mol. The number of rotatable bonds is 1. The van der Waals surface area contributed by atoms with Crippen LogP contribution in [0.4, 0.5) is 0 Å². The number of aryl methyl sites for hydroxylation is 2. The molecule has 0 saturated heterocycles. The summed E-state index contributed by atoms with van der Waals surface area (Å²) in [4.78, 5) is 5.90. The van der Waals surface area contributed by atoms with Gasteiger partial charge in [0, 0.05) is 11.3 Å². The van der Waals surface area contributed by atoms with E-state index in [1.807, 2.05) is 0 Å².